The number of alkyl halides is 2. The van der Waals surface area contributed by atoms with Crippen LogP contribution in [0.4, 0.5) is 13.2 Å². The van der Waals surface area contributed by atoms with Gasteiger partial charge in [0.25, 0.3) is 6.43 Å². The summed E-state index contributed by atoms with van der Waals surface area (Å²) in [4.78, 5) is 0. The van der Waals surface area contributed by atoms with Gasteiger partial charge in [0.05, 0.1) is 0 Å². The summed E-state index contributed by atoms with van der Waals surface area (Å²) < 4.78 is 36.4. The van der Waals surface area contributed by atoms with E-state index in [1.165, 1.54) is 0 Å². The largest absolute Gasteiger partial charge is 0.382 e. The maximum Gasteiger partial charge on any atom is 0.268 e. The van der Waals surface area contributed by atoms with Crippen LogP contribution in [-0.2, 0) is 0 Å². The van der Waals surface area contributed by atoms with Crippen molar-refractivity contribution < 1.29 is 18.3 Å². The summed E-state index contributed by atoms with van der Waals surface area (Å²) >= 11 is 5.44. The first-order valence-electron chi connectivity index (χ1n) is 3.43. The minimum absolute atomic E-state index is 0.168. The molecule has 0 fully saturated rings. The molecule has 1 N–H and O–H groups in total. The SMILES string of the molecule is OC(c1ccc(F)cc1Cl)C(F)F. The molecule has 0 aliphatic heterocycles. The van der Waals surface area contributed by atoms with E-state index in [4.69, 9.17) is 16.7 Å². The molecule has 0 radical (unpaired) electrons. The second-order valence-corrected chi connectivity index (χ2v) is 2.85. The van der Waals surface area contributed by atoms with E-state index >= 15 is 0 Å². The van der Waals surface area contributed by atoms with Gasteiger partial charge in [-0.1, -0.05) is 17.7 Å². The lowest BCUT2D eigenvalue weighted by atomic mass is 10.1. The summed E-state index contributed by atoms with van der Waals surface area (Å²) in [6, 6.07) is 2.88. The molecule has 0 bridgehead atoms. The number of benzene rings is 1. The number of hydrogen-bond acceptors (Lipinski definition) is 1. The molecule has 0 aliphatic rings. The van der Waals surface area contributed by atoms with Crippen molar-refractivity contribution in [2.75, 3.05) is 0 Å². The summed E-state index contributed by atoms with van der Waals surface area (Å²) in [6.45, 7) is 0. The first kappa shape index (κ1) is 10.3. The molecule has 1 aromatic carbocycles. The molecule has 72 valence electrons. The molecular formula is C8H6ClF3O. The lowest BCUT2D eigenvalue weighted by Gasteiger charge is -2.10. The Bertz CT molecular complexity index is 303. The molecule has 13 heavy (non-hydrogen) atoms. The molecule has 1 aromatic rings. The Labute approximate surface area is 77.8 Å². The van der Waals surface area contributed by atoms with Crippen molar-refractivity contribution in [1.29, 1.82) is 0 Å². The average molecular weight is 211 g/mol. The third-order valence-corrected chi connectivity index (χ3v) is 1.85. The van der Waals surface area contributed by atoms with Crippen LogP contribution in [0, 0.1) is 5.82 Å². The second-order valence-electron chi connectivity index (χ2n) is 2.45. The van der Waals surface area contributed by atoms with Gasteiger partial charge in [0, 0.05) is 10.6 Å². The minimum atomic E-state index is -2.93. The van der Waals surface area contributed by atoms with Crippen LogP contribution in [0.1, 0.15) is 11.7 Å². The van der Waals surface area contributed by atoms with Crippen LogP contribution in [0.15, 0.2) is 18.2 Å². The van der Waals surface area contributed by atoms with Crippen LogP contribution in [0.25, 0.3) is 0 Å². The van der Waals surface area contributed by atoms with Gasteiger partial charge in [-0.2, -0.15) is 0 Å². The Morgan fingerprint density at radius 3 is 2.38 bits per heavy atom. The van der Waals surface area contributed by atoms with E-state index in [0.29, 0.717) is 0 Å². The molecule has 0 aliphatic carbocycles. The van der Waals surface area contributed by atoms with Crippen LogP contribution in [0.3, 0.4) is 0 Å². The van der Waals surface area contributed by atoms with E-state index < -0.39 is 18.3 Å². The van der Waals surface area contributed by atoms with Gasteiger partial charge in [-0.05, 0) is 12.1 Å². The zero-order chi connectivity index (χ0) is 10.0. The predicted molar refractivity (Wildman–Crippen MR) is 42.4 cm³/mol. The van der Waals surface area contributed by atoms with E-state index in [-0.39, 0.29) is 10.6 Å². The fourth-order valence-corrected chi connectivity index (χ4v) is 1.16. The van der Waals surface area contributed by atoms with Crippen LogP contribution in [-0.4, -0.2) is 11.5 Å². The third kappa shape index (κ3) is 2.35. The third-order valence-electron chi connectivity index (χ3n) is 1.52. The number of aliphatic hydroxyl groups is 1. The molecule has 0 amide bonds. The van der Waals surface area contributed by atoms with Crippen LogP contribution >= 0.6 is 11.6 Å². The van der Waals surface area contributed by atoms with Gasteiger partial charge in [0.1, 0.15) is 11.9 Å². The van der Waals surface area contributed by atoms with Gasteiger partial charge in [-0.25, -0.2) is 13.2 Å². The maximum atomic E-state index is 12.5. The number of hydrogen-bond donors (Lipinski definition) is 1. The highest BCUT2D eigenvalue weighted by Gasteiger charge is 2.21. The van der Waals surface area contributed by atoms with Crippen molar-refractivity contribution in [2.24, 2.45) is 0 Å². The second kappa shape index (κ2) is 3.98. The van der Waals surface area contributed by atoms with Crippen molar-refractivity contribution in [3.8, 4) is 0 Å². The average Bonchev–Trinajstić information content (AvgIpc) is 2.03. The molecule has 0 spiro atoms. The quantitative estimate of drug-likeness (QED) is 0.796. The first-order chi connectivity index (χ1) is 6.02. The minimum Gasteiger partial charge on any atom is -0.382 e. The fourth-order valence-electron chi connectivity index (χ4n) is 0.877. The summed E-state index contributed by atoms with van der Waals surface area (Å²) in [7, 11) is 0. The lowest BCUT2D eigenvalue weighted by Crippen LogP contribution is -2.08. The molecule has 1 rings (SSSR count). The summed E-state index contributed by atoms with van der Waals surface area (Å²) in [5.74, 6) is -0.629. The standard InChI is InChI=1S/C8H6ClF3O/c9-6-3-4(10)1-2-5(6)7(13)8(11)12/h1-3,7-8,13H. The molecule has 0 saturated heterocycles. The first-order valence-corrected chi connectivity index (χ1v) is 3.81. The zero-order valence-corrected chi connectivity index (χ0v) is 7.10. The molecule has 1 atom stereocenters. The van der Waals surface area contributed by atoms with E-state index in [2.05, 4.69) is 0 Å². The van der Waals surface area contributed by atoms with E-state index in [1.54, 1.807) is 0 Å². The molecule has 0 aromatic heterocycles. The molecular weight excluding hydrogens is 205 g/mol. The van der Waals surface area contributed by atoms with Crippen molar-refractivity contribution in [3.63, 3.8) is 0 Å². The zero-order valence-electron chi connectivity index (χ0n) is 6.35. The number of halogens is 4. The van der Waals surface area contributed by atoms with Crippen molar-refractivity contribution in [1.82, 2.24) is 0 Å². The van der Waals surface area contributed by atoms with Crippen molar-refractivity contribution >= 4 is 11.6 Å². The topological polar surface area (TPSA) is 20.2 Å². The van der Waals surface area contributed by atoms with Crippen molar-refractivity contribution in [2.45, 2.75) is 12.5 Å². The molecule has 0 saturated carbocycles. The summed E-state index contributed by atoms with van der Waals surface area (Å²) in [6.07, 6.45) is -4.89. The van der Waals surface area contributed by atoms with E-state index in [9.17, 15) is 13.2 Å². The smallest absolute Gasteiger partial charge is 0.268 e. The Morgan fingerprint density at radius 2 is 1.92 bits per heavy atom. The predicted octanol–water partition coefficient (Wildman–Crippen LogP) is 2.78. The van der Waals surface area contributed by atoms with Gasteiger partial charge >= 0.3 is 0 Å². The van der Waals surface area contributed by atoms with E-state index in [1.807, 2.05) is 0 Å². The van der Waals surface area contributed by atoms with Gasteiger partial charge in [-0.15, -0.1) is 0 Å². The Hall–Kier alpha value is -0.740. The fraction of sp³-hybridized carbons (Fsp3) is 0.250. The van der Waals surface area contributed by atoms with Crippen LogP contribution in [0.2, 0.25) is 5.02 Å². The van der Waals surface area contributed by atoms with Gasteiger partial charge in [-0.3, -0.25) is 0 Å². The molecule has 5 heteroatoms. The molecule has 1 unspecified atom stereocenters. The monoisotopic (exact) mass is 210 g/mol. The Kier molecular flexibility index (Phi) is 3.17. The highest BCUT2D eigenvalue weighted by Crippen LogP contribution is 2.27. The summed E-state index contributed by atoms with van der Waals surface area (Å²) in [5, 5.41) is 8.71. The Morgan fingerprint density at radius 1 is 1.31 bits per heavy atom. The van der Waals surface area contributed by atoms with Gasteiger partial charge in [0.15, 0.2) is 0 Å². The Balaban J connectivity index is 3.01. The molecule has 0 heterocycles. The maximum absolute atomic E-state index is 12.5. The molecule has 1 nitrogen and oxygen atoms in total. The number of aliphatic hydroxyl groups excluding tert-OH is 1. The number of rotatable bonds is 2. The van der Waals surface area contributed by atoms with Gasteiger partial charge < -0.3 is 5.11 Å². The highest BCUT2D eigenvalue weighted by molar-refractivity contribution is 6.31. The van der Waals surface area contributed by atoms with Gasteiger partial charge in [0.2, 0.25) is 0 Å². The van der Waals surface area contributed by atoms with Crippen LogP contribution in [0.5, 0.6) is 0 Å². The highest BCUT2D eigenvalue weighted by atomic mass is 35.5. The summed E-state index contributed by atoms with van der Waals surface area (Å²) in [5.41, 5.74) is -0.168. The van der Waals surface area contributed by atoms with E-state index in [0.717, 1.165) is 18.2 Å². The lowest BCUT2D eigenvalue weighted by molar-refractivity contribution is -0.00576. The van der Waals surface area contributed by atoms with Crippen molar-refractivity contribution in [3.05, 3.63) is 34.6 Å². The van der Waals surface area contributed by atoms with Crippen LogP contribution < -0.4 is 0 Å². The normalized spacial score (nSPS) is 13.4.